The Labute approximate surface area is 173 Å². The number of fused-ring (bicyclic) bond motifs is 1. The number of likely N-dealkylation sites (tertiary alicyclic amines) is 1. The number of aryl methyl sites for hydroxylation is 1. The molecule has 0 bridgehead atoms. The highest BCUT2D eigenvalue weighted by atomic mass is 16.2. The maximum atomic E-state index is 11.8. The lowest BCUT2D eigenvalue weighted by Crippen LogP contribution is -2.35. The van der Waals surface area contributed by atoms with Gasteiger partial charge in [0.05, 0.1) is 12.1 Å². The molecule has 2 aliphatic rings. The maximum Gasteiger partial charge on any atom is 0.219 e. The van der Waals surface area contributed by atoms with Gasteiger partial charge >= 0.3 is 0 Å². The van der Waals surface area contributed by atoms with Gasteiger partial charge < -0.3 is 9.80 Å². The van der Waals surface area contributed by atoms with Crippen LogP contribution in [0.5, 0.6) is 0 Å². The number of hydrogen-bond acceptors (Lipinski definition) is 5. The first-order valence-corrected chi connectivity index (χ1v) is 11.0. The van der Waals surface area contributed by atoms with Crippen LogP contribution in [0.3, 0.4) is 0 Å². The minimum absolute atomic E-state index is 0.162. The van der Waals surface area contributed by atoms with Crippen LogP contribution in [-0.4, -0.2) is 64.9 Å². The quantitative estimate of drug-likeness (QED) is 0.799. The summed E-state index contributed by atoms with van der Waals surface area (Å²) in [6.07, 6.45) is 3.55. The van der Waals surface area contributed by atoms with Crippen molar-refractivity contribution in [2.45, 2.75) is 46.6 Å². The van der Waals surface area contributed by atoms with E-state index in [2.05, 4.69) is 41.8 Å². The van der Waals surface area contributed by atoms with Gasteiger partial charge in [-0.15, -0.1) is 0 Å². The van der Waals surface area contributed by atoms with Crippen molar-refractivity contribution >= 4 is 22.6 Å². The summed E-state index contributed by atoms with van der Waals surface area (Å²) in [5, 5.41) is 1.12. The lowest BCUT2D eigenvalue weighted by Gasteiger charge is -2.30. The van der Waals surface area contributed by atoms with Gasteiger partial charge in [-0.05, 0) is 50.3 Å². The molecular weight excluding hydrogens is 362 g/mol. The molecule has 2 fully saturated rings. The zero-order valence-corrected chi connectivity index (χ0v) is 18.0. The number of para-hydroxylation sites is 1. The molecule has 0 aliphatic carbocycles. The van der Waals surface area contributed by atoms with E-state index in [9.17, 15) is 4.79 Å². The number of amides is 1. The van der Waals surface area contributed by atoms with E-state index in [-0.39, 0.29) is 5.91 Å². The number of nitrogens with zero attached hydrogens (tertiary/aromatic N) is 5. The number of hydrogen-bond donors (Lipinski definition) is 0. The average molecular weight is 396 g/mol. The van der Waals surface area contributed by atoms with E-state index in [4.69, 9.17) is 9.97 Å². The average Bonchev–Trinajstić information content (AvgIpc) is 2.94. The Morgan fingerprint density at radius 3 is 2.76 bits per heavy atom. The monoisotopic (exact) mass is 395 g/mol. The van der Waals surface area contributed by atoms with E-state index in [1.54, 1.807) is 6.92 Å². The first-order valence-electron chi connectivity index (χ1n) is 11.0. The van der Waals surface area contributed by atoms with Crippen molar-refractivity contribution in [3.63, 3.8) is 0 Å². The van der Waals surface area contributed by atoms with Crippen LogP contribution < -0.4 is 4.90 Å². The fourth-order valence-corrected chi connectivity index (χ4v) is 4.71. The van der Waals surface area contributed by atoms with Crippen LogP contribution in [0.1, 0.15) is 44.5 Å². The molecule has 29 heavy (non-hydrogen) atoms. The first kappa shape index (κ1) is 20.1. The summed E-state index contributed by atoms with van der Waals surface area (Å²) in [7, 11) is 0. The van der Waals surface area contributed by atoms with Gasteiger partial charge in [0.2, 0.25) is 5.91 Å². The van der Waals surface area contributed by atoms with Gasteiger partial charge in [0, 0.05) is 45.0 Å². The van der Waals surface area contributed by atoms with Crippen molar-refractivity contribution in [3.05, 3.63) is 29.6 Å². The fraction of sp³-hybridized carbons (Fsp3) is 0.609. The van der Waals surface area contributed by atoms with Crippen LogP contribution in [0, 0.1) is 12.8 Å². The van der Waals surface area contributed by atoms with E-state index in [0.29, 0.717) is 0 Å². The van der Waals surface area contributed by atoms with Gasteiger partial charge in [-0.2, -0.15) is 0 Å². The Bertz CT molecular complexity index is 883. The predicted octanol–water partition coefficient (Wildman–Crippen LogP) is 3.23. The third-order valence-electron chi connectivity index (χ3n) is 6.30. The summed E-state index contributed by atoms with van der Waals surface area (Å²) in [4.78, 5) is 28.7. The molecule has 0 saturated carbocycles. The second-order valence-electron chi connectivity index (χ2n) is 8.76. The third kappa shape index (κ3) is 4.53. The van der Waals surface area contributed by atoms with Gasteiger partial charge in [-0.25, -0.2) is 9.97 Å². The molecule has 6 nitrogen and oxygen atoms in total. The van der Waals surface area contributed by atoms with Crippen molar-refractivity contribution in [3.8, 4) is 0 Å². The molecule has 2 aliphatic heterocycles. The van der Waals surface area contributed by atoms with Gasteiger partial charge in [0.1, 0.15) is 11.6 Å². The molecule has 0 spiro atoms. The van der Waals surface area contributed by atoms with Gasteiger partial charge in [-0.3, -0.25) is 9.69 Å². The van der Waals surface area contributed by atoms with Crippen molar-refractivity contribution in [1.29, 1.82) is 0 Å². The second kappa shape index (κ2) is 8.66. The SMILES string of the molecule is CC(=O)N1CCCN(c2nc(CN3CCCC(C)C3)nc3c(C)cccc23)CC1. The molecule has 1 atom stereocenters. The van der Waals surface area contributed by atoms with Crippen molar-refractivity contribution in [1.82, 2.24) is 19.8 Å². The fourth-order valence-electron chi connectivity index (χ4n) is 4.71. The highest BCUT2D eigenvalue weighted by Gasteiger charge is 2.22. The predicted molar refractivity (Wildman–Crippen MR) is 117 cm³/mol. The zero-order valence-electron chi connectivity index (χ0n) is 18.0. The summed E-state index contributed by atoms with van der Waals surface area (Å²) >= 11 is 0. The summed E-state index contributed by atoms with van der Waals surface area (Å²) in [6.45, 7) is 12.5. The highest BCUT2D eigenvalue weighted by molar-refractivity contribution is 5.91. The molecule has 1 aromatic heterocycles. The molecular formula is C23H33N5O. The largest absolute Gasteiger partial charge is 0.354 e. The van der Waals surface area contributed by atoms with Crippen molar-refractivity contribution in [2.24, 2.45) is 5.92 Å². The molecule has 0 N–H and O–H groups in total. The molecule has 156 valence electrons. The molecule has 2 saturated heterocycles. The molecule has 1 amide bonds. The van der Waals surface area contributed by atoms with E-state index in [1.807, 2.05) is 4.90 Å². The number of piperidine rings is 1. The van der Waals surface area contributed by atoms with E-state index < -0.39 is 0 Å². The number of rotatable bonds is 3. The molecule has 0 radical (unpaired) electrons. The van der Waals surface area contributed by atoms with Crippen molar-refractivity contribution in [2.75, 3.05) is 44.2 Å². The Balaban J connectivity index is 1.66. The molecule has 1 unspecified atom stereocenters. The number of benzene rings is 1. The van der Waals surface area contributed by atoms with Gasteiger partial charge in [-0.1, -0.05) is 19.1 Å². The highest BCUT2D eigenvalue weighted by Crippen LogP contribution is 2.28. The van der Waals surface area contributed by atoms with Crippen LogP contribution >= 0.6 is 0 Å². The number of carbonyl (C=O) groups excluding carboxylic acids is 1. The Kier molecular flexibility index (Phi) is 5.99. The Morgan fingerprint density at radius 2 is 1.97 bits per heavy atom. The van der Waals surface area contributed by atoms with Crippen LogP contribution in [0.15, 0.2) is 18.2 Å². The van der Waals surface area contributed by atoms with Gasteiger partial charge in [0.25, 0.3) is 0 Å². The van der Waals surface area contributed by atoms with Crippen LogP contribution in [-0.2, 0) is 11.3 Å². The van der Waals surface area contributed by atoms with E-state index in [1.165, 1.54) is 18.4 Å². The Hall–Kier alpha value is -2.21. The summed E-state index contributed by atoms with van der Waals surface area (Å²) in [5.41, 5.74) is 2.25. The molecule has 6 heteroatoms. The zero-order chi connectivity index (χ0) is 20.4. The lowest BCUT2D eigenvalue weighted by atomic mass is 10.0. The minimum Gasteiger partial charge on any atom is -0.354 e. The van der Waals surface area contributed by atoms with Crippen LogP contribution in [0.25, 0.3) is 10.9 Å². The smallest absolute Gasteiger partial charge is 0.219 e. The van der Waals surface area contributed by atoms with E-state index in [0.717, 1.165) is 80.7 Å². The number of anilines is 1. The summed E-state index contributed by atoms with van der Waals surface area (Å²) < 4.78 is 0. The Morgan fingerprint density at radius 1 is 1.10 bits per heavy atom. The summed E-state index contributed by atoms with van der Waals surface area (Å²) in [5.74, 6) is 2.86. The lowest BCUT2D eigenvalue weighted by molar-refractivity contribution is -0.128. The molecule has 1 aromatic carbocycles. The first-order chi connectivity index (χ1) is 14.0. The van der Waals surface area contributed by atoms with Crippen LogP contribution in [0.2, 0.25) is 0 Å². The second-order valence-corrected chi connectivity index (χ2v) is 8.76. The number of carbonyl (C=O) groups is 1. The third-order valence-corrected chi connectivity index (χ3v) is 6.30. The maximum absolute atomic E-state index is 11.8. The topological polar surface area (TPSA) is 52.6 Å². The number of aromatic nitrogens is 2. The molecule has 4 rings (SSSR count). The van der Waals surface area contributed by atoms with Crippen molar-refractivity contribution < 1.29 is 4.79 Å². The van der Waals surface area contributed by atoms with E-state index >= 15 is 0 Å². The molecule has 2 aromatic rings. The minimum atomic E-state index is 0.162. The summed E-state index contributed by atoms with van der Waals surface area (Å²) in [6, 6.07) is 6.36. The standard InChI is InChI=1S/C23H33N5O/c1-17-7-5-10-26(15-17)16-21-24-22-18(2)8-4-9-20(22)23(25-21)28-12-6-11-27(13-14-28)19(3)29/h4,8-9,17H,5-7,10-16H2,1-3H3. The molecule has 3 heterocycles. The normalized spacial score (nSPS) is 21.4. The van der Waals surface area contributed by atoms with Gasteiger partial charge in [0.15, 0.2) is 0 Å². The van der Waals surface area contributed by atoms with Crippen LogP contribution in [0.4, 0.5) is 5.82 Å².